The molecule has 1 aliphatic rings. The molecule has 3 rings (SSSR count). The lowest BCUT2D eigenvalue weighted by molar-refractivity contribution is 0.114. The van der Waals surface area contributed by atoms with Gasteiger partial charge in [0.1, 0.15) is 0 Å². The number of amides is 1. The van der Waals surface area contributed by atoms with Crippen LogP contribution in [0.25, 0.3) is 0 Å². The number of hydrogen-bond donors (Lipinski definition) is 1. The third kappa shape index (κ3) is 4.42. The van der Waals surface area contributed by atoms with Gasteiger partial charge in [-0.3, -0.25) is 9.80 Å². The summed E-state index contributed by atoms with van der Waals surface area (Å²) in [5, 5.41) is 9.90. The molecule has 5 nitrogen and oxygen atoms in total. The van der Waals surface area contributed by atoms with Gasteiger partial charge in [-0.05, 0) is 11.1 Å². The third-order valence-corrected chi connectivity index (χ3v) is 5.05. The first-order valence-electron chi connectivity index (χ1n) is 8.98. The zero-order valence-electron chi connectivity index (χ0n) is 15.1. The van der Waals surface area contributed by atoms with Gasteiger partial charge in [-0.15, -0.1) is 0 Å². The van der Waals surface area contributed by atoms with Crippen LogP contribution < -0.4 is 0 Å². The molecule has 2 aromatic carbocycles. The summed E-state index contributed by atoms with van der Waals surface area (Å²) in [4.78, 5) is 16.0. The van der Waals surface area contributed by atoms with Crippen LogP contribution in [0.1, 0.15) is 17.0 Å². The van der Waals surface area contributed by atoms with Gasteiger partial charge in [0.05, 0.1) is 12.6 Å². The third-order valence-electron chi connectivity index (χ3n) is 5.05. The van der Waals surface area contributed by atoms with Crippen LogP contribution in [0.4, 0.5) is 4.79 Å². The van der Waals surface area contributed by atoms with Gasteiger partial charge < -0.3 is 9.84 Å². The number of hydrogen-bond acceptors (Lipinski definition) is 3. The summed E-state index contributed by atoms with van der Waals surface area (Å²) >= 11 is 0. The molecule has 26 heavy (non-hydrogen) atoms. The molecule has 0 aromatic heterocycles. The van der Waals surface area contributed by atoms with E-state index in [0.717, 1.165) is 25.2 Å². The molecule has 0 radical (unpaired) electrons. The summed E-state index contributed by atoms with van der Waals surface area (Å²) < 4.78 is 5.21. The smallest absolute Gasteiger partial charge is 0.407 e. The van der Waals surface area contributed by atoms with E-state index in [9.17, 15) is 9.90 Å². The molecular formula is C21H26N2O3. The van der Waals surface area contributed by atoms with E-state index in [0.29, 0.717) is 13.2 Å². The van der Waals surface area contributed by atoms with Gasteiger partial charge in [-0.2, -0.15) is 0 Å². The van der Waals surface area contributed by atoms with Crippen LogP contribution in [-0.2, 0) is 11.3 Å². The van der Waals surface area contributed by atoms with Crippen LogP contribution in [0, 0.1) is 0 Å². The van der Waals surface area contributed by atoms with Crippen molar-refractivity contribution in [2.45, 2.75) is 18.5 Å². The van der Waals surface area contributed by atoms with Crippen LogP contribution in [0.5, 0.6) is 0 Å². The van der Waals surface area contributed by atoms with Crippen LogP contribution in [-0.4, -0.2) is 60.4 Å². The van der Waals surface area contributed by atoms with E-state index in [2.05, 4.69) is 17.0 Å². The van der Waals surface area contributed by atoms with E-state index in [1.54, 1.807) is 12.0 Å². The van der Waals surface area contributed by atoms with E-state index in [4.69, 9.17) is 4.74 Å². The highest BCUT2D eigenvalue weighted by molar-refractivity contribution is 5.66. The highest BCUT2D eigenvalue weighted by atomic mass is 16.5. The van der Waals surface area contributed by atoms with E-state index in [1.807, 2.05) is 48.5 Å². The summed E-state index contributed by atoms with van der Waals surface area (Å²) in [6.07, 6.45) is -0.867. The molecule has 1 fully saturated rings. The minimum absolute atomic E-state index is 0.0769. The van der Waals surface area contributed by atoms with Gasteiger partial charge in [0.15, 0.2) is 0 Å². The zero-order valence-corrected chi connectivity index (χ0v) is 15.1. The Kier molecular flexibility index (Phi) is 6.26. The van der Waals surface area contributed by atoms with Gasteiger partial charge >= 0.3 is 6.09 Å². The first-order chi connectivity index (χ1) is 12.7. The fourth-order valence-electron chi connectivity index (χ4n) is 3.72. The van der Waals surface area contributed by atoms with Crippen LogP contribution in [0.2, 0.25) is 0 Å². The molecule has 0 unspecified atom stereocenters. The van der Waals surface area contributed by atoms with E-state index in [-0.39, 0.29) is 12.0 Å². The Morgan fingerprint density at radius 2 is 1.77 bits per heavy atom. The van der Waals surface area contributed by atoms with Crippen LogP contribution >= 0.6 is 0 Å². The van der Waals surface area contributed by atoms with Crippen molar-refractivity contribution >= 4 is 6.09 Å². The van der Waals surface area contributed by atoms with E-state index >= 15 is 0 Å². The highest BCUT2D eigenvalue weighted by Crippen LogP contribution is 2.32. The van der Waals surface area contributed by atoms with E-state index in [1.165, 1.54) is 5.56 Å². The number of likely N-dealkylation sites (tertiary alicyclic amines) is 1. The van der Waals surface area contributed by atoms with E-state index < -0.39 is 6.09 Å². The van der Waals surface area contributed by atoms with Crippen molar-refractivity contribution in [3.05, 3.63) is 71.8 Å². The molecule has 0 aliphatic carbocycles. The Bertz CT molecular complexity index is 693. The molecule has 5 heteroatoms. The Balaban J connectivity index is 1.84. The SMILES string of the molecule is COCCN1C[C@@H](N(Cc2ccccc2)C(=O)O)[C@H](c2ccccc2)C1. The average molecular weight is 354 g/mol. The second kappa shape index (κ2) is 8.83. The lowest BCUT2D eigenvalue weighted by Crippen LogP contribution is -2.43. The number of nitrogens with zero attached hydrogens (tertiary/aromatic N) is 2. The predicted octanol–water partition coefficient (Wildman–Crippen LogP) is 3.28. The minimum atomic E-state index is -0.867. The average Bonchev–Trinajstić information content (AvgIpc) is 3.09. The summed E-state index contributed by atoms with van der Waals surface area (Å²) in [5.41, 5.74) is 2.20. The number of carboxylic acid groups (broad SMARTS) is 1. The lowest BCUT2D eigenvalue weighted by atomic mass is 9.93. The summed E-state index contributed by atoms with van der Waals surface area (Å²) in [7, 11) is 1.70. The van der Waals surface area contributed by atoms with Gasteiger partial charge in [-0.1, -0.05) is 60.7 Å². The van der Waals surface area contributed by atoms with Gasteiger partial charge in [0, 0.05) is 39.2 Å². The maximum absolute atomic E-state index is 12.1. The van der Waals surface area contributed by atoms with Crippen molar-refractivity contribution in [1.29, 1.82) is 0 Å². The maximum atomic E-state index is 12.1. The molecule has 1 heterocycles. The molecule has 138 valence electrons. The fourth-order valence-corrected chi connectivity index (χ4v) is 3.72. The van der Waals surface area contributed by atoms with Crippen LogP contribution in [0.15, 0.2) is 60.7 Å². The van der Waals surface area contributed by atoms with Crippen molar-refractivity contribution < 1.29 is 14.6 Å². The second-order valence-corrected chi connectivity index (χ2v) is 6.73. The molecule has 1 aliphatic heterocycles. The highest BCUT2D eigenvalue weighted by Gasteiger charge is 2.39. The topological polar surface area (TPSA) is 53.0 Å². The molecule has 1 amide bonds. The lowest BCUT2D eigenvalue weighted by Gasteiger charge is -2.30. The number of benzene rings is 2. The number of methoxy groups -OCH3 is 1. The Hall–Kier alpha value is -2.37. The molecule has 0 spiro atoms. The summed E-state index contributed by atoms with van der Waals surface area (Å²) in [6, 6.07) is 20.0. The normalized spacial score (nSPS) is 20.2. The second-order valence-electron chi connectivity index (χ2n) is 6.73. The zero-order chi connectivity index (χ0) is 18.4. The largest absolute Gasteiger partial charge is 0.465 e. The predicted molar refractivity (Wildman–Crippen MR) is 101 cm³/mol. The van der Waals surface area contributed by atoms with Gasteiger partial charge in [-0.25, -0.2) is 4.79 Å². The number of rotatable bonds is 7. The Morgan fingerprint density at radius 3 is 2.38 bits per heavy atom. The van der Waals surface area contributed by atoms with Crippen LogP contribution in [0.3, 0.4) is 0 Å². The quantitative estimate of drug-likeness (QED) is 0.829. The molecule has 1 N–H and O–H groups in total. The van der Waals surface area contributed by atoms with Gasteiger partial charge in [0.25, 0.3) is 0 Å². The maximum Gasteiger partial charge on any atom is 0.407 e. The monoisotopic (exact) mass is 354 g/mol. The van der Waals surface area contributed by atoms with Crippen molar-refractivity contribution in [2.75, 3.05) is 33.4 Å². The minimum Gasteiger partial charge on any atom is -0.465 e. The van der Waals surface area contributed by atoms with Crippen molar-refractivity contribution in [3.63, 3.8) is 0 Å². The molecular weight excluding hydrogens is 328 g/mol. The number of carbonyl (C=O) groups is 1. The first-order valence-corrected chi connectivity index (χ1v) is 8.98. The summed E-state index contributed by atoms with van der Waals surface area (Å²) in [5.74, 6) is 0.160. The molecule has 1 saturated heterocycles. The Morgan fingerprint density at radius 1 is 1.12 bits per heavy atom. The summed E-state index contributed by atoms with van der Waals surface area (Å²) in [6.45, 7) is 3.44. The first kappa shape index (κ1) is 18.4. The van der Waals surface area contributed by atoms with Gasteiger partial charge in [0.2, 0.25) is 0 Å². The fraction of sp³-hybridized carbons (Fsp3) is 0.381. The molecule has 0 bridgehead atoms. The Labute approximate surface area is 154 Å². The number of ether oxygens (including phenoxy) is 1. The standard InChI is InChI=1S/C21H26N2O3/c1-26-13-12-22-15-19(18-10-6-3-7-11-18)20(16-22)23(21(24)25)14-17-8-4-2-5-9-17/h2-11,19-20H,12-16H2,1H3,(H,24,25)/t19-,20+/m0/s1. The molecule has 0 saturated carbocycles. The van der Waals surface area contributed by atoms with Crippen molar-refractivity contribution in [1.82, 2.24) is 9.80 Å². The van der Waals surface area contributed by atoms with Crippen molar-refractivity contribution in [3.8, 4) is 0 Å². The van der Waals surface area contributed by atoms with Crippen molar-refractivity contribution in [2.24, 2.45) is 0 Å². The molecule has 2 aromatic rings. The molecule has 2 atom stereocenters.